The Balaban J connectivity index is 2.48. The van der Waals surface area contributed by atoms with Crippen LogP contribution in [0.15, 0.2) is 42.5 Å². The average Bonchev–Trinajstić information content (AvgIpc) is 2.82. The zero-order chi connectivity index (χ0) is 27.0. The predicted molar refractivity (Wildman–Crippen MR) is 144 cm³/mol. The molecule has 2 atom stereocenters. The first-order valence-electron chi connectivity index (χ1n) is 11.9. The second-order valence-corrected chi connectivity index (χ2v) is 11.1. The van der Waals surface area contributed by atoms with Gasteiger partial charge in [0, 0.05) is 12.6 Å². The van der Waals surface area contributed by atoms with Crippen LogP contribution in [-0.2, 0) is 26.2 Å². The molecule has 2 rings (SSSR count). The fourth-order valence-corrected chi connectivity index (χ4v) is 4.85. The monoisotopic (exact) mass is 537 g/mol. The van der Waals surface area contributed by atoms with Gasteiger partial charge in [-0.3, -0.25) is 13.9 Å². The molecule has 36 heavy (non-hydrogen) atoms. The van der Waals surface area contributed by atoms with Crippen molar-refractivity contribution in [2.75, 3.05) is 24.2 Å². The zero-order valence-corrected chi connectivity index (χ0v) is 23.3. The fourth-order valence-electron chi connectivity index (χ4n) is 3.76. The Morgan fingerprint density at radius 3 is 2.31 bits per heavy atom. The lowest BCUT2D eigenvalue weighted by atomic mass is 10.1. The molecule has 0 unspecified atom stereocenters. The number of carbonyl (C=O) groups excluding carboxylic acids is 2. The highest BCUT2D eigenvalue weighted by molar-refractivity contribution is 7.92. The molecule has 198 valence electrons. The number of aryl methyl sites for hydroxylation is 1. The summed E-state index contributed by atoms with van der Waals surface area (Å²) < 4.78 is 31.6. The van der Waals surface area contributed by atoms with Gasteiger partial charge in [-0.05, 0) is 56.0 Å². The minimum absolute atomic E-state index is 0.0593. The number of nitrogens with one attached hydrogen (secondary N) is 1. The third kappa shape index (κ3) is 7.61. The van der Waals surface area contributed by atoms with E-state index in [4.69, 9.17) is 16.3 Å². The van der Waals surface area contributed by atoms with Gasteiger partial charge in [0.1, 0.15) is 18.3 Å². The number of hydrogen-bond acceptors (Lipinski definition) is 5. The largest absolute Gasteiger partial charge is 0.495 e. The highest BCUT2D eigenvalue weighted by Crippen LogP contribution is 2.30. The molecule has 8 nitrogen and oxygen atoms in total. The normalized spacial score (nSPS) is 13.0. The number of hydrogen-bond donors (Lipinski definition) is 1. The molecule has 2 amide bonds. The van der Waals surface area contributed by atoms with E-state index in [9.17, 15) is 18.0 Å². The van der Waals surface area contributed by atoms with Gasteiger partial charge in [-0.15, -0.1) is 0 Å². The second kappa shape index (κ2) is 13.0. The highest BCUT2D eigenvalue weighted by atomic mass is 35.5. The molecule has 10 heteroatoms. The molecular weight excluding hydrogens is 502 g/mol. The zero-order valence-electron chi connectivity index (χ0n) is 21.7. The Morgan fingerprint density at radius 1 is 1.11 bits per heavy atom. The lowest BCUT2D eigenvalue weighted by molar-refractivity contribution is -0.140. The molecule has 2 aromatic carbocycles. The third-order valence-electron chi connectivity index (χ3n) is 6.09. The van der Waals surface area contributed by atoms with Crippen LogP contribution >= 0.6 is 11.6 Å². The maximum atomic E-state index is 13.7. The quantitative estimate of drug-likeness (QED) is 0.439. The van der Waals surface area contributed by atoms with Crippen LogP contribution in [0.25, 0.3) is 0 Å². The van der Waals surface area contributed by atoms with E-state index in [0.29, 0.717) is 12.2 Å². The first-order valence-corrected chi connectivity index (χ1v) is 14.1. The van der Waals surface area contributed by atoms with E-state index in [0.717, 1.165) is 28.1 Å². The van der Waals surface area contributed by atoms with Crippen molar-refractivity contribution >= 4 is 39.1 Å². The van der Waals surface area contributed by atoms with Crippen molar-refractivity contribution in [3.05, 3.63) is 58.6 Å². The number of halogens is 1. The lowest BCUT2D eigenvalue weighted by Crippen LogP contribution is -2.53. The van der Waals surface area contributed by atoms with E-state index < -0.39 is 28.5 Å². The van der Waals surface area contributed by atoms with Crippen LogP contribution in [0.3, 0.4) is 0 Å². The average molecular weight is 538 g/mol. The van der Waals surface area contributed by atoms with Crippen LogP contribution in [-0.4, -0.2) is 57.1 Å². The fraction of sp³-hybridized carbons (Fsp3) is 0.462. The third-order valence-corrected chi connectivity index (χ3v) is 7.53. The summed E-state index contributed by atoms with van der Waals surface area (Å²) in [5.74, 6) is -0.386. The number of ether oxygens (including phenoxy) is 1. The summed E-state index contributed by atoms with van der Waals surface area (Å²) in [5, 5.41) is 3.17. The van der Waals surface area contributed by atoms with E-state index in [1.54, 1.807) is 6.07 Å². The number of amides is 2. The van der Waals surface area contributed by atoms with E-state index in [1.165, 1.54) is 24.1 Å². The SMILES string of the molecule is CC[C@@H](C)NC(=O)[C@@H](CC)N(Cc1ccccc1C)C(=O)CN(c1ccc(OC)c(Cl)c1)S(C)(=O)=O. The van der Waals surface area contributed by atoms with E-state index in [-0.39, 0.29) is 29.2 Å². The van der Waals surface area contributed by atoms with Gasteiger partial charge in [-0.1, -0.05) is 49.7 Å². The van der Waals surface area contributed by atoms with Gasteiger partial charge in [0.05, 0.1) is 24.1 Å². The maximum absolute atomic E-state index is 13.7. The van der Waals surface area contributed by atoms with Gasteiger partial charge in [0.15, 0.2) is 0 Å². The standard InChI is InChI=1S/C26H36ClN3O5S/c1-7-19(4)28-26(32)23(8-2)29(16-20-12-10-9-11-18(20)3)25(31)17-30(36(6,33)34)21-13-14-24(35-5)22(27)15-21/h9-15,19,23H,7-8,16-17H2,1-6H3,(H,28,32)/t19-,23-/m1/s1. The van der Waals surface area contributed by atoms with Gasteiger partial charge in [-0.25, -0.2) is 8.42 Å². The summed E-state index contributed by atoms with van der Waals surface area (Å²) in [6, 6.07) is 11.3. The molecule has 0 fully saturated rings. The molecule has 0 bridgehead atoms. The molecule has 0 saturated heterocycles. The summed E-state index contributed by atoms with van der Waals surface area (Å²) in [4.78, 5) is 28.4. The first kappa shape index (κ1) is 29.5. The van der Waals surface area contributed by atoms with E-state index in [2.05, 4.69) is 5.32 Å². The summed E-state index contributed by atoms with van der Waals surface area (Å²) >= 11 is 6.23. The van der Waals surface area contributed by atoms with Crippen molar-refractivity contribution in [1.29, 1.82) is 0 Å². The van der Waals surface area contributed by atoms with Crippen LogP contribution in [0.2, 0.25) is 5.02 Å². The summed E-state index contributed by atoms with van der Waals surface area (Å²) in [6.45, 7) is 7.30. The molecule has 1 N–H and O–H groups in total. The van der Waals surface area contributed by atoms with Crippen LogP contribution in [0, 0.1) is 6.92 Å². The molecule has 0 saturated carbocycles. The maximum Gasteiger partial charge on any atom is 0.244 e. The topological polar surface area (TPSA) is 96.0 Å². The van der Waals surface area contributed by atoms with Gasteiger partial charge in [0.25, 0.3) is 0 Å². The number of anilines is 1. The van der Waals surface area contributed by atoms with Crippen LogP contribution in [0.1, 0.15) is 44.7 Å². The molecule has 0 aromatic heterocycles. The number of methoxy groups -OCH3 is 1. The number of carbonyl (C=O) groups is 2. The minimum Gasteiger partial charge on any atom is -0.495 e. The second-order valence-electron chi connectivity index (χ2n) is 8.78. The molecule has 0 spiro atoms. The first-order chi connectivity index (χ1) is 16.9. The molecule has 0 radical (unpaired) electrons. The Hall–Kier alpha value is -2.78. The predicted octanol–water partition coefficient (Wildman–Crippen LogP) is 4.15. The van der Waals surface area contributed by atoms with Gasteiger partial charge in [-0.2, -0.15) is 0 Å². The summed E-state index contributed by atoms with van der Waals surface area (Å²) in [5.41, 5.74) is 2.07. The molecule has 0 aliphatic heterocycles. The van der Waals surface area contributed by atoms with Crippen molar-refractivity contribution in [2.45, 2.75) is 59.2 Å². The van der Waals surface area contributed by atoms with Crippen molar-refractivity contribution < 1.29 is 22.7 Å². The van der Waals surface area contributed by atoms with E-state index >= 15 is 0 Å². The Kier molecular flexibility index (Phi) is 10.6. The van der Waals surface area contributed by atoms with Crippen LogP contribution in [0.5, 0.6) is 5.75 Å². The molecular formula is C26H36ClN3O5S. The number of rotatable bonds is 12. The smallest absolute Gasteiger partial charge is 0.244 e. The minimum atomic E-state index is -3.85. The lowest BCUT2D eigenvalue weighted by Gasteiger charge is -2.33. The van der Waals surface area contributed by atoms with Crippen molar-refractivity contribution in [2.24, 2.45) is 0 Å². The van der Waals surface area contributed by atoms with Gasteiger partial charge >= 0.3 is 0 Å². The number of nitrogens with zero attached hydrogens (tertiary/aromatic N) is 2. The Morgan fingerprint density at radius 2 is 1.78 bits per heavy atom. The number of sulfonamides is 1. The summed E-state index contributed by atoms with van der Waals surface area (Å²) in [6.07, 6.45) is 2.14. The van der Waals surface area contributed by atoms with Crippen LogP contribution < -0.4 is 14.4 Å². The van der Waals surface area contributed by atoms with E-state index in [1.807, 2.05) is 52.0 Å². The van der Waals surface area contributed by atoms with Crippen molar-refractivity contribution in [3.8, 4) is 5.75 Å². The van der Waals surface area contributed by atoms with Gasteiger partial charge in [0.2, 0.25) is 21.8 Å². The molecule has 0 aliphatic carbocycles. The van der Waals surface area contributed by atoms with Crippen LogP contribution in [0.4, 0.5) is 5.69 Å². The number of benzene rings is 2. The summed E-state index contributed by atoms with van der Waals surface area (Å²) in [7, 11) is -2.40. The Labute approximate surface area is 219 Å². The van der Waals surface area contributed by atoms with Gasteiger partial charge < -0.3 is 15.0 Å². The highest BCUT2D eigenvalue weighted by Gasteiger charge is 2.32. The Bertz CT molecular complexity index is 1170. The van der Waals surface area contributed by atoms with Crippen molar-refractivity contribution in [3.63, 3.8) is 0 Å². The molecule has 0 aliphatic rings. The molecule has 0 heterocycles. The molecule has 2 aromatic rings. The van der Waals surface area contributed by atoms with Crippen molar-refractivity contribution in [1.82, 2.24) is 10.2 Å².